The van der Waals surface area contributed by atoms with E-state index < -0.39 is 15.6 Å². The summed E-state index contributed by atoms with van der Waals surface area (Å²) in [6.07, 6.45) is 5.26. The molecule has 0 heterocycles. The van der Waals surface area contributed by atoms with E-state index in [2.05, 4.69) is 10.6 Å². The van der Waals surface area contributed by atoms with Crippen LogP contribution in [0.4, 0.5) is 5.69 Å². The standard InChI is InChI=1S/C12H16N2O2S/c1-5-12(3,4)14-17(15,16)11-9(2)7-6-8-10(11)13/h1,6-8,14H,13H2,2-4H3. The Kier molecular flexibility index (Phi) is 3.51. The minimum absolute atomic E-state index is 0.0864. The molecule has 0 bridgehead atoms. The molecular weight excluding hydrogens is 236 g/mol. The number of benzene rings is 1. The first-order chi connectivity index (χ1) is 7.69. The fourth-order valence-electron chi connectivity index (χ4n) is 1.46. The zero-order chi connectivity index (χ0) is 13.3. The number of nitrogens with two attached hydrogens (primary N) is 1. The number of sulfonamides is 1. The van der Waals surface area contributed by atoms with Crippen molar-refractivity contribution in [1.29, 1.82) is 0 Å². The van der Waals surface area contributed by atoms with Crippen LogP contribution in [-0.4, -0.2) is 14.0 Å². The molecule has 4 nitrogen and oxygen atoms in total. The molecule has 0 saturated carbocycles. The number of rotatable bonds is 3. The van der Waals surface area contributed by atoms with Crippen molar-refractivity contribution in [3.8, 4) is 12.3 Å². The Morgan fingerprint density at radius 1 is 1.41 bits per heavy atom. The molecule has 1 aromatic carbocycles. The molecule has 0 aromatic heterocycles. The van der Waals surface area contributed by atoms with E-state index in [1.165, 1.54) is 0 Å². The first-order valence-corrected chi connectivity index (χ1v) is 6.55. The molecule has 0 amide bonds. The lowest BCUT2D eigenvalue weighted by molar-refractivity contribution is 0.539. The minimum Gasteiger partial charge on any atom is -0.398 e. The van der Waals surface area contributed by atoms with E-state index in [0.717, 1.165) is 0 Å². The Morgan fingerprint density at radius 2 is 2.00 bits per heavy atom. The first-order valence-electron chi connectivity index (χ1n) is 5.06. The van der Waals surface area contributed by atoms with Crippen LogP contribution in [0, 0.1) is 19.3 Å². The van der Waals surface area contributed by atoms with Crippen molar-refractivity contribution in [2.24, 2.45) is 0 Å². The van der Waals surface area contributed by atoms with Gasteiger partial charge in [0.15, 0.2) is 0 Å². The van der Waals surface area contributed by atoms with Gasteiger partial charge in [-0.25, -0.2) is 8.42 Å². The van der Waals surface area contributed by atoms with Crippen LogP contribution in [-0.2, 0) is 10.0 Å². The molecule has 92 valence electrons. The maximum Gasteiger partial charge on any atom is 0.244 e. The quantitative estimate of drug-likeness (QED) is 0.628. The monoisotopic (exact) mass is 252 g/mol. The molecule has 0 aliphatic heterocycles. The van der Waals surface area contributed by atoms with Crippen molar-refractivity contribution in [2.75, 3.05) is 5.73 Å². The Morgan fingerprint density at radius 3 is 2.47 bits per heavy atom. The Labute approximate surface area is 102 Å². The second-order valence-electron chi connectivity index (χ2n) is 4.37. The molecule has 0 aliphatic rings. The van der Waals surface area contributed by atoms with E-state index >= 15 is 0 Å². The SMILES string of the molecule is C#CC(C)(C)NS(=O)(=O)c1c(C)cccc1N. The predicted molar refractivity (Wildman–Crippen MR) is 68.8 cm³/mol. The van der Waals surface area contributed by atoms with Gasteiger partial charge in [0.05, 0.1) is 11.2 Å². The smallest absolute Gasteiger partial charge is 0.244 e. The summed E-state index contributed by atoms with van der Waals surface area (Å²) >= 11 is 0. The van der Waals surface area contributed by atoms with Crippen LogP contribution in [0.15, 0.2) is 23.1 Å². The van der Waals surface area contributed by atoms with E-state index in [0.29, 0.717) is 5.56 Å². The summed E-state index contributed by atoms with van der Waals surface area (Å²) in [5.74, 6) is 2.38. The van der Waals surface area contributed by atoms with E-state index in [4.69, 9.17) is 12.2 Å². The van der Waals surface area contributed by atoms with Crippen LogP contribution in [0.25, 0.3) is 0 Å². The fraction of sp³-hybridized carbons (Fsp3) is 0.333. The normalized spacial score (nSPS) is 12.1. The van der Waals surface area contributed by atoms with Gasteiger partial charge in [0, 0.05) is 0 Å². The van der Waals surface area contributed by atoms with Gasteiger partial charge in [-0.15, -0.1) is 6.42 Å². The summed E-state index contributed by atoms with van der Waals surface area (Å²) < 4.78 is 26.8. The number of nitrogens with one attached hydrogen (secondary N) is 1. The number of nitrogen functional groups attached to an aromatic ring is 1. The lowest BCUT2D eigenvalue weighted by Gasteiger charge is -2.21. The minimum atomic E-state index is -3.71. The average Bonchev–Trinajstić information content (AvgIpc) is 2.15. The van der Waals surface area contributed by atoms with Crippen molar-refractivity contribution in [3.63, 3.8) is 0 Å². The van der Waals surface area contributed by atoms with Crippen LogP contribution in [0.2, 0.25) is 0 Å². The van der Waals surface area contributed by atoms with Gasteiger partial charge >= 0.3 is 0 Å². The van der Waals surface area contributed by atoms with Gasteiger partial charge < -0.3 is 5.73 Å². The zero-order valence-corrected chi connectivity index (χ0v) is 10.9. The summed E-state index contributed by atoms with van der Waals surface area (Å²) in [7, 11) is -3.71. The van der Waals surface area contributed by atoms with E-state index in [-0.39, 0.29) is 10.6 Å². The highest BCUT2D eigenvalue weighted by Crippen LogP contribution is 2.23. The van der Waals surface area contributed by atoms with Gasteiger partial charge in [0.25, 0.3) is 0 Å². The topological polar surface area (TPSA) is 72.2 Å². The maximum atomic E-state index is 12.2. The van der Waals surface area contributed by atoms with Gasteiger partial charge in [0.2, 0.25) is 10.0 Å². The van der Waals surface area contributed by atoms with Crippen molar-refractivity contribution < 1.29 is 8.42 Å². The molecule has 0 unspecified atom stereocenters. The lowest BCUT2D eigenvalue weighted by atomic mass is 10.1. The molecule has 1 rings (SSSR count). The molecule has 17 heavy (non-hydrogen) atoms. The largest absolute Gasteiger partial charge is 0.398 e. The highest BCUT2D eigenvalue weighted by molar-refractivity contribution is 7.89. The molecular formula is C12H16N2O2S. The van der Waals surface area contributed by atoms with Crippen LogP contribution in [0.3, 0.4) is 0 Å². The predicted octanol–water partition coefficient (Wildman–Crippen LogP) is 1.27. The van der Waals surface area contributed by atoms with Crippen molar-refractivity contribution in [3.05, 3.63) is 23.8 Å². The molecule has 5 heteroatoms. The Hall–Kier alpha value is -1.51. The van der Waals surface area contributed by atoms with E-state index in [1.54, 1.807) is 39.0 Å². The molecule has 0 spiro atoms. The summed E-state index contributed by atoms with van der Waals surface area (Å²) in [4.78, 5) is 0.0864. The highest BCUT2D eigenvalue weighted by atomic mass is 32.2. The molecule has 0 atom stereocenters. The second kappa shape index (κ2) is 4.40. The number of hydrogen-bond donors (Lipinski definition) is 2. The molecule has 0 aliphatic carbocycles. The first kappa shape index (κ1) is 13.6. The second-order valence-corrected chi connectivity index (χ2v) is 5.99. The summed E-state index contributed by atoms with van der Waals surface area (Å²) in [6, 6.07) is 4.94. The number of hydrogen-bond acceptors (Lipinski definition) is 3. The van der Waals surface area contributed by atoms with Crippen molar-refractivity contribution >= 4 is 15.7 Å². The molecule has 1 aromatic rings. The van der Waals surface area contributed by atoms with Gasteiger partial charge in [-0.2, -0.15) is 4.72 Å². The summed E-state index contributed by atoms with van der Waals surface area (Å²) in [5.41, 5.74) is 5.55. The molecule has 0 fully saturated rings. The number of anilines is 1. The third-order valence-electron chi connectivity index (χ3n) is 2.26. The van der Waals surface area contributed by atoms with Crippen LogP contribution in [0.5, 0.6) is 0 Å². The summed E-state index contributed by atoms with van der Waals surface area (Å²) in [5, 5.41) is 0. The Balaban J connectivity index is 3.30. The number of aryl methyl sites for hydroxylation is 1. The third kappa shape index (κ3) is 2.99. The van der Waals surface area contributed by atoms with Crippen molar-refractivity contribution in [2.45, 2.75) is 31.2 Å². The molecule has 3 N–H and O–H groups in total. The zero-order valence-electron chi connectivity index (χ0n) is 10.1. The maximum absolute atomic E-state index is 12.2. The van der Waals surface area contributed by atoms with E-state index in [9.17, 15) is 8.42 Å². The molecule has 0 radical (unpaired) electrons. The van der Waals surface area contributed by atoms with Gasteiger partial charge in [-0.05, 0) is 32.4 Å². The van der Waals surface area contributed by atoms with Gasteiger partial charge in [-0.3, -0.25) is 0 Å². The number of terminal acetylenes is 1. The third-order valence-corrected chi connectivity index (χ3v) is 4.14. The van der Waals surface area contributed by atoms with Gasteiger partial charge in [-0.1, -0.05) is 18.1 Å². The lowest BCUT2D eigenvalue weighted by Crippen LogP contribution is -2.42. The van der Waals surface area contributed by atoms with E-state index in [1.807, 2.05) is 0 Å². The average molecular weight is 252 g/mol. The van der Waals surface area contributed by atoms with Crippen LogP contribution >= 0.6 is 0 Å². The fourth-order valence-corrected chi connectivity index (χ4v) is 3.16. The van der Waals surface area contributed by atoms with Crippen LogP contribution in [0.1, 0.15) is 19.4 Å². The molecule has 0 saturated heterocycles. The Bertz CT molecular complexity index is 548. The van der Waals surface area contributed by atoms with Gasteiger partial charge in [0.1, 0.15) is 4.90 Å². The highest BCUT2D eigenvalue weighted by Gasteiger charge is 2.26. The van der Waals surface area contributed by atoms with Crippen molar-refractivity contribution in [1.82, 2.24) is 4.72 Å². The summed E-state index contributed by atoms with van der Waals surface area (Å²) in [6.45, 7) is 4.91. The van der Waals surface area contributed by atoms with Crippen LogP contribution < -0.4 is 10.5 Å².